The van der Waals surface area contributed by atoms with Crippen molar-refractivity contribution in [2.75, 3.05) is 19.8 Å². The van der Waals surface area contributed by atoms with Crippen molar-refractivity contribution in [3.8, 4) is 0 Å². The Morgan fingerprint density at radius 1 is 1.18 bits per heavy atom. The smallest absolute Gasteiger partial charge is 0.112 e. The molecule has 0 amide bonds. The van der Waals surface area contributed by atoms with E-state index in [-0.39, 0.29) is 24.7 Å². The molecule has 2 aliphatic heterocycles. The van der Waals surface area contributed by atoms with E-state index in [2.05, 4.69) is 0 Å². The summed E-state index contributed by atoms with van der Waals surface area (Å²) in [7, 11) is 0. The van der Waals surface area contributed by atoms with Gasteiger partial charge in [0.15, 0.2) is 0 Å². The molecule has 0 saturated carbocycles. The molecule has 2 rings (SSSR count). The van der Waals surface area contributed by atoms with Gasteiger partial charge >= 0.3 is 0 Å². The molecule has 0 aromatic rings. The Morgan fingerprint density at radius 3 is 2.64 bits per heavy atom. The molecule has 4 atom stereocenters. The van der Waals surface area contributed by atoms with E-state index >= 15 is 0 Å². The number of aliphatic hydroxyl groups is 2. The highest BCUT2D eigenvalue weighted by Gasteiger charge is 2.46. The molecule has 2 N–H and O–H groups in total. The molecule has 0 aromatic carbocycles. The standard InChI is InChI=1S/C7H12O4/c8-1-4-2-10-7-5(9)3-11-6(4)7/h4-9H,1-3H2. The van der Waals surface area contributed by atoms with Crippen LogP contribution >= 0.6 is 0 Å². The minimum absolute atomic E-state index is 0.0529. The average Bonchev–Trinajstić information content (AvgIpc) is 2.53. The van der Waals surface area contributed by atoms with Gasteiger partial charge in [0, 0.05) is 5.92 Å². The van der Waals surface area contributed by atoms with Crippen molar-refractivity contribution in [2.24, 2.45) is 5.92 Å². The number of aliphatic hydroxyl groups excluding tert-OH is 2. The van der Waals surface area contributed by atoms with E-state index in [0.29, 0.717) is 13.2 Å². The Morgan fingerprint density at radius 2 is 1.91 bits per heavy atom. The molecular formula is C7H12O4. The molecular weight excluding hydrogens is 148 g/mol. The van der Waals surface area contributed by atoms with Crippen molar-refractivity contribution < 1.29 is 19.7 Å². The number of hydrogen-bond acceptors (Lipinski definition) is 4. The lowest BCUT2D eigenvalue weighted by Gasteiger charge is -2.12. The van der Waals surface area contributed by atoms with Crippen LogP contribution in [0.3, 0.4) is 0 Å². The molecule has 0 spiro atoms. The van der Waals surface area contributed by atoms with E-state index in [1.54, 1.807) is 0 Å². The largest absolute Gasteiger partial charge is 0.396 e. The summed E-state index contributed by atoms with van der Waals surface area (Å²) in [5.41, 5.74) is 0. The van der Waals surface area contributed by atoms with Crippen LogP contribution in [0, 0.1) is 5.92 Å². The van der Waals surface area contributed by atoms with Crippen LogP contribution in [0.1, 0.15) is 0 Å². The van der Waals surface area contributed by atoms with Crippen molar-refractivity contribution >= 4 is 0 Å². The number of rotatable bonds is 1. The number of fused-ring (bicyclic) bond motifs is 1. The summed E-state index contributed by atoms with van der Waals surface area (Å²) in [4.78, 5) is 0. The third kappa shape index (κ3) is 1.06. The minimum atomic E-state index is -0.503. The number of ether oxygens (including phenoxy) is 2. The van der Waals surface area contributed by atoms with E-state index in [4.69, 9.17) is 14.6 Å². The molecule has 11 heavy (non-hydrogen) atoms. The summed E-state index contributed by atoms with van der Waals surface area (Å²) in [5.74, 6) is 0.0529. The first kappa shape index (κ1) is 7.49. The molecule has 0 bridgehead atoms. The van der Waals surface area contributed by atoms with Crippen LogP contribution in [-0.4, -0.2) is 48.3 Å². The highest BCUT2D eigenvalue weighted by Crippen LogP contribution is 2.30. The van der Waals surface area contributed by atoms with Crippen LogP contribution in [0.4, 0.5) is 0 Å². The van der Waals surface area contributed by atoms with Crippen molar-refractivity contribution in [1.82, 2.24) is 0 Å². The first-order valence-corrected chi connectivity index (χ1v) is 3.85. The van der Waals surface area contributed by atoms with Crippen molar-refractivity contribution in [3.63, 3.8) is 0 Å². The van der Waals surface area contributed by atoms with Crippen LogP contribution in [0.25, 0.3) is 0 Å². The lowest BCUT2D eigenvalue weighted by Crippen LogP contribution is -2.29. The van der Waals surface area contributed by atoms with E-state index in [1.807, 2.05) is 0 Å². The van der Waals surface area contributed by atoms with Gasteiger partial charge in [0.05, 0.1) is 25.9 Å². The Balaban J connectivity index is 2.04. The van der Waals surface area contributed by atoms with Crippen LogP contribution in [0.15, 0.2) is 0 Å². The van der Waals surface area contributed by atoms with Gasteiger partial charge in [-0.1, -0.05) is 0 Å². The molecule has 2 saturated heterocycles. The third-order valence-electron chi connectivity index (χ3n) is 2.36. The first-order chi connectivity index (χ1) is 5.33. The summed E-state index contributed by atoms with van der Waals surface area (Å²) in [5, 5.41) is 18.1. The molecule has 2 aliphatic rings. The molecule has 0 aliphatic carbocycles. The van der Waals surface area contributed by atoms with Gasteiger partial charge < -0.3 is 19.7 Å². The predicted molar refractivity (Wildman–Crippen MR) is 36.1 cm³/mol. The molecule has 0 radical (unpaired) electrons. The third-order valence-corrected chi connectivity index (χ3v) is 2.36. The zero-order chi connectivity index (χ0) is 7.84. The average molecular weight is 160 g/mol. The first-order valence-electron chi connectivity index (χ1n) is 3.85. The Hall–Kier alpha value is -0.160. The molecule has 0 aromatic heterocycles. The second kappa shape index (κ2) is 2.71. The molecule has 64 valence electrons. The second-order valence-corrected chi connectivity index (χ2v) is 3.11. The zero-order valence-corrected chi connectivity index (χ0v) is 6.14. The van der Waals surface area contributed by atoms with Crippen molar-refractivity contribution in [2.45, 2.75) is 18.3 Å². The van der Waals surface area contributed by atoms with Gasteiger partial charge in [-0.05, 0) is 0 Å². The highest BCUT2D eigenvalue weighted by molar-refractivity contribution is 4.93. The highest BCUT2D eigenvalue weighted by atomic mass is 16.6. The van der Waals surface area contributed by atoms with E-state index in [0.717, 1.165) is 0 Å². The maximum absolute atomic E-state index is 9.28. The van der Waals surface area contributed by atoms with Gasteiger partial charge in [-0.3, -0.25) is 0 Å². The molecule has 4 nitrogen and oxygen atoms in total. The lowest BCUT2D eigenvalue weighted by atomic mass is 10.0. The molecule has 4 heteroatoms. The van der Waals surface area contributed by atoms with E-state index < -0.39 is 6.10 Å². The Kier molecular flexibility index (Phi) is 1.85. The SMILES string of the molecule is OCC1COC2C(O)COC12. The summed E-state index contributed by atoms with van der Waals surface area (Å²) in [6.07, 6.45) is -0.793. The summed E-state index contributed by atoms with van der Waals surface area (Å²) in [6.45, 7) is 0.919. The van der Waals surface area contributed by atoms with E-state index in [1.165, 1.54) is 0 Å². The summed E-state index contributed by atoms with van der Waals surface area (Å²) >= 11 is 0. The zero-order valence-electron chi connectivity index (χ0n) is 6.14. The quantitative estimate of drug-likeness (QED) is 0.503. The van der Waals surface area contributed by atoms with Crippen LogP contribution in [-0.2, 0) is 9.47 Å². The predicted octanol–water partition coefficient (Wildman–Crippen LogP) is -1.25. The fraction of sp³-hybridized carbons (Fsp3) is 1.00. The van der Waals surface area contributed by atoms with Crippen LogP contribution < -0.4 is 0 Å². The molecule has 2 heterocycles. The van der Waals surface area contributed by atoms with Gasteiger partial charge in [-0.2, -0.15) is 0 Å². The normalized spacial score (nSPS) is 49.6. The maximum Gasteiger partial charge on any atom is 0.112 e. The fourth-order valence-corrected chi connectivity index (χ4v) is 1.71. The van der Waals surface area contributed by atoms with Crippen molar-refractivity contribution in [1.29, 1.82) is 0 Å². The van der Waals surface area contributed by atoms with E-state index in [9.17, 15) is 5.11 Å². The Bertz CT molecular complexity index is 149. The fourth-order valence-electron chi connectivity index (χ4n) is 1.71. The molecule has 4 unspecified atom stereocenters. The topological polar surface area (TPSA) is 58.9 Å². The van der Waals surface area contributed by atoms with Gasteiger partial charge in [-0.15, -0.1) is 0 Å². The summed E-state index contributed by atoms with van der Waals surface area (Å²) in [6, 6.07) is 0. The van der Waals surface area contributed by atoms with Gasteiger partial charge in [0.1, 0.15) is 12.2 Å². The summed E-state index contributed by atoms with van der Waals surface area (Å²) < 4.78 is 10.5. The van der Waals surface area contributed by atoms with Gasteiger partial charge in [0.25, 0.3) is 0 Å². The molecule has 2 fully saturated rings. The monoisotopic (exact) mass is 160 g/mol. The van der Waals surface area contributed by atoms with Gasteiger partial charge in [-0.25, -0.2) is 0 Å². The Labute approximate surface area is 64.7 Å². The lowest BCUT2D eigenvalue weighted by molar-refractivity contribution is 0.0146. The van der Waals surface area contributed by atoms with Crippen LogP contribution in [0.5, 0.6) is 0 Å². The van der Waals surface area contributed by atoms with Crippen molar-refractivity contribution in [3.05, 3.63) is 0 Å². The maximum atomic E-state index is 9.28. The number of hydrogen-bond donors (Lipinski definition) is 2. The second-order valence-electron chi connectivity index (χ2n) is 3.11. The minimum Gasteiger partial charge on any atom is -0.396 e. The van der Waals surface area contributed by atoms with Gasteiger partial charge in [0.2, 0.25) is 0 Å². The van der Waals surface area contributed by atoms with Crippen LogP contribution in [0.2, 0.25) is 0 Å².